The van der Waals surface area contributed by atoms with Gasteiger partial charge in [0.05, 0.1) is 22.2 Å². The first-order valence-corrected chi connectivity index (χ1v) is 22.7. The van der Waals surface area contributed by atoms with Gasteiger partial charge in [-0.05, 0) is 92.9 Å². The molecule has 2 nitrogen and oxygen atoms in total. The average Bonchev–Trinajstić information content (AvgIpc) is 2.99. The van der Waals surface area contributed by atoms with Crippen LogP contribution in [0.15, 0.2) is 63.2 Å². The highest BCUT2D eigenvalue weighted by atomic mass is 79.9. The van der Waals surface area contributed by atoms with Crippen LogP contribution in [0, 0.1) is 0 Å². The zero-order valence-electron chi connectivity index (χ0n) is 23.4. The van der Waals surface area contributed by atoms with Crippen LogP contribution in [0.2, 0.25) is 0 Å². The Morgan fingerprint density at radius 2 is 0.932 bits per heavy atom. The summed E-state index contributed by atoms with van der Waals surface area (Å²) < 4.78 is 18.7. The number of halogens is 10. The third-order valence-corrected chi connectivity index (χ3v) is 15.9. The SMILES string of the molecule is CC(c1ccc(Br)c2c(OCCCC(Br)CBr)c(Br)cc(Br)c12)c1ccc(Br)c2c(OCCCC(Br)CBr)c(Br)cc(Br)c12. The molecule has 44 heavy (non-hydrogen) atoms. The topological polar surface area (TPSA) is 18.5 Å². The second kappa shape index (κ2) is 18.2. The lowest BCUT2D eigenvalue weighted by Gasteiger charge is -2.23. The van der Waals surface area contributed by atoms with E-state index in [2.05, 4.69) is 203 Å². The second-order valence-corrected chi connectivity index (χ2v) is 19.3. The minimum atomic E-state index is 0.0537. The van der Waals surface area contributed by atoms with E-state index < -0.39 is 0 Å². The van der Waals surface area contributed by atoms with Crippen LogP contribution in [0.1, 0.15) is 49.7 Å². The normalized spacial score (nSPS) is 13.8. The van der Waals surface area contributed by atoms with E-state index >= 15 is 0 Å². The van der Waals surface area contributed by atoms with Crippen molar-refractivity contribution in [2.24, 2.45) is 0 Å². The Kier molecular flexibility index (Phi) is 15.9. The molecule has 0 radical (unpaired) electrons. The van der Waals surface area contributed by atoms with E-state index in [1.54, 1.807) is 0 Å². The zero-order chi connectivity index (χ0) is 32.1. The van der Waals surface area contributed by atoms with Crippen molar-refractivity contribution in [1.29, 1.82) is 0 Å². The predicted molar refractivity (Wildman–Crippen MR) is 224 cm³/mol. The second-order valence-electron chi connectivity index (χ2n) is 10.3. The van der Waals surface area contributed by atoms with E-state index in [0.29, 0.717) is 22.9 Å². The number of ether oxygens (including phenoxy) is 2. The smallest absolute Gasteiger partial charge is 0.142 e. The highest BCUT2D eigenvalue weighted by Gasteiger charge is 2.24. The molecule has 0 aliphatic heterocycles. The molecule has 0 heterocycles. The van der Waals surface area contributed by atoms with Crippen molar-refractivity contribution >= 4 is 181 Å². The lowest BCUT2D eigenvalue weighted by Crippen LogP contribution is -2.06. The minimum Gasteiger partial charge on any atom is -0.492 e. The number of rotatable bonds is 14. The van der Waals surface area contributed by atoms with Crippen molar-refractivity contribution in [3.63, 3.8) is 0 Å². The van der Waals surface area contributed by atoms with Crippen LogP contribution < -0.4 is 9.47 Å². The average molecular weight is 1240 g/mol. The molecule has 0 aliphatic rings. The summed E-state index contributed by atoms with van der Waals surface area (Å²) >= 11 is 37.5. The molecule has 0 amide bonds. The van der Waals surface area contributed by atoms with Crippen molar-refractivity contribution in [2.75, 3.05) is 23.9 Å². The molecule has 0 bridgehead atoms. The third-order valence-electron chi connectivity index (χ3n) is 7.33. The quantitative estimate of drug-likeness (QED) is 0.0925. The molecule has 12 heteroatoms. The summed E-state index contributed by atoms with van der Waals surface area (Å²) in [5.41, 5.74) is 2.40. The van der Waals surface area contributed by atoms with E-state index in [1.165, 1.54) is 11.1 Å². The maximum atomic E-state index is 6.45. The first-order valence-electron chi connectivity index (χ1n) is 13.9. The van der Waals surface area contributed by atoms with Crippen LogP contribution in [0.5, 0.6) is 11.5 Å². The van der Waals surface area contributed by atoms with E-state index in [0.717, 1.165) is 96.2 Å². The monoisotopic (exact) mass is 1230 g/mol. The van der Waals surface area contributed by atoms with Crippen LogP contribution in [0.25, 0.3) is 21.5 Å². The zero-order valence-corrected chi connectivity index (χ0v) is 39.3. The van der Waals surface area contributed by atoms with Gasteiger partial charge in [-0.25, -0.2) is 0 Å². The van der Waals surface area contributed by atoms with Gasteiger partial charge >= 0.3 is 0 Å². The Morgan fingerprint density at radius 1 is 0.545 bits per heavy atom. The summed E-state index contributed by atoms with van der Waals surface area (Å²) in [6, 6.07) is 12.9. The van der Waals surface area contributed by atoms with Gasteiger partial charge in [0.1, 0.15) is 11.5 Å². The van der Waals surface area contributed by atoms with Gasteiger partial charge in [0.25, 0.3) is 0 Å². The summed E-state index contributed by atoms with van der Waals surface area (Å²) in [7, 11) is 0. The molecule has 0 aromatic heterocycles. The highest BCUT2D eigenvalue weighted by Crippen LogP contribution is 2.49. The van der Waals surface area contributed by atoms with E-state index in [-0.39, 0.29) is 5.92 Å². The molecular formula is C32H28Br10O2. The van der Waals surface area contributed by atoms with Crippen LogP contribution in [0.4, 0.5) is 0 Å². The van der Waals surface area contributed by atoms with Gasteiger partial charge in [-0.15, -0.1) is 0 Å². The maximum absolute atomic E-state index is 6.45. The first-order chi connectivity index (χ1) is 21.0. The fourth-order valence-electron chi connectivity index (χ4n) is 5.17. The molecule has 0 spiro atoms. The Hall–Kier alpha value is 1.80. The molecule has 2 unspecified atom stereocenters. The molecule has 4 rings (SSSR count). The Labute approximate surface area is 343 Å². The van der Waals surface area contributed by atoms with Gasteiger partial charge in [-0.1, -0.05) is 146 Å². The first kappa shape index (κ1) is 38.6. The number of hydrogen-bond donors (Lipinski definition) is 0. The standard InChI is InChI=1S/C32H28Br10O2/c1-16(19-6-8-21(37)29-27(19)23(39)12-25(41)31(29)43-10-2-4-17(35)14-33)20-7-9-22(38)30-28(20)24(40)13-26(42)32(30)44-11-3-5-18(36)15-34/h6-9,12-13,16-18H,2-5,10-11,14-15H2,1H3. The number of benzene rings is 4. The van der Waals surface area contributed by atoms with Crippen molar-refractivity contribution < 1.29 is 9.47 Å². The van der Waals surface area contributed by atoms with Crippen molar-refractivity contribution in [3.8, 4) is 11.5 Å². The van der Waals surface area contributed by atoms with Gasteiger partial charge in [0, 0.05) is 65.7 Å². The summed E-state index contributed by atoms with van der Waals surface area (Å²) in [4.78, 5) is 0.866. The number of alkyl halides is 4. The van der Waals surface area contributed by atoms with E-state index in [9.17, 15) is 0 Å². The predicted octanol–water partition coefficient (Wildman–Crippen LogP) is 15.4. The molecule has 238 valence electrons. The molecular weight excluding hydrogens is 1220 g/mol. The Balaban J connectivity index is 1.80. The molecule has 4 aromatic carbocycles. The molecule has 0 fully saturated rings. The van der Waals surface area contributed by atoms with Crippen LogP contribution >= 0.6 is 159 Å². The highest BCUT2D eigenvalue weighted by molar-refractivity contribution is 9.13. The van der Waals surface area contributed by atoms with Crippen LogP contribution in [0.3, 0.4) is 0 Å². The summed E-state index contributed by atoms with van der Waals surface area (Å²) in [6.45, 7) is 3.53. The Bertz CT molecular complexity index is 1510. The van der Waals surface area contributed by atoms with Gasteiger partial charge in [-0.2, -0.15) is 0 Å². The summed E-state index contributed by atoms with van der Waals surface area (Å²) in [5.74, 6) is 1.75. The molecule has 4 aromatic rings. The molecule has 0 saturated carbocycles. The molecule has 0 saturated heterocycles. The van der Waals surface area contributed by atoms with Gasteiger partial charge < -0.3 is 9.47 Å². The Morgan fingerprint density at radius 3 is 1.30 bits per heavy atom. The molecule has 0 N–H and O–H groups in total. The fraction of sp³-hybridized carbons (Fsp3) is 0.375. The summed E-state index contributed by atoms with van der Waals surface area (Å²) in [6.07, 6.45) is 3.96. The van der Waals surface area contributed by atoms with Crippen LogP contribution in [-0.2, 0) is 0 Å². The molecule has 2 atom stereocenters. The summed E-state index contributed by atoms with van der Waals surface area (Å²) in [5, 5.41) is 6.19. The number of fused-ring (bicyclic) bond motifs is 2. The van der Waals surface area contributed by atoms with Gasteiger partial charge in [0.2, 0.25) is 0 Å². The van der Waals surface area contributed by atoms with Crippen molar-refractivity contribution in [2.45, 2.75) is 48.2 Å². The van der Waals surface area contributed by atoms with E-state index in [1.807, 2.05) is 0 Å². The van der Waals surface area contributed by atoms with Crippen LogP contribution in [-0.4, -0.2) is 33.5 Å². The minimum absolute atomic E-state index is 0.0537. The van der Waals surface area contributed by atoms with Crippen molar-refractivity contribution in [1.82, 2.24) is 0 Å². The largest absolute Gasteiger partial charge is 0.492 e. The maximum Gasteiger partial charge on any atom is 0.142 e. The van der Waals surface area contributed by atoms with Gasteiger partial charge in [-0.3, -0.25) is 0 Å². The third kappa shape index (κ3) is 9.12. The number of hydrogen-bond acceptors (Lipinski definition) is 2. The lowest BCUT2D eigenvalue weighted by atomic mass is 9.86. The van der Waals surface area contributed by atoms with Crippen molar-refractivity contribution in [3.05, 3.63) is 74.4 Å². The fourth-order valence-corrected chi connectivity index (χ4v) is 10.5. The lowest BCUT2D eigenvalue weighted by molar-refractivity contribution is 0.309. The molecule has 0 aliphatic carbocycles. The van der Waals surface area contributed by atoms with Gasteiger partial charge in [0.15, 0.2) is 0 Å². The van der Waals surface area contributed by atoms with E-state index in [4.69, 9.17) is 9.47 Å².